The van der Waals surface area contributed by atoms with Crippen LogP contribution in [0.15, 0.2) is 59.4 Å². The van der Waals surface area contributed by atoms with Gasteiger partial charge >= 0.3 is 0 Å². The number of β-amino-alcohol motifs (C(OH)–C–C–N with tert-alkyl or cyclic N) is 1. The van der Waals surface area contributed by atoms with Crippen LogP contribution in [-0.4, -0.2) is 119 Å². The largest absolute Gasteiger partial charge is 0.475 e. The number of aryl methyl sites for hydroxylation is 2. The van der Waals surface area contributed by atoms with E-state index in [1.54, 1.807) is 30.6 Å². The summed E-state index contributed by atoms with van der Waals surface area (Å²) in [5.41, 5.74) is 17.3. The molecule has 2 saturated heterocycles. The van der Waals surface area contributed by atoms with E-state index in [4.69, 9.17) is 30.7 Å². The molecule has 2 amide bonds. The Balaban J connectivity index is 0.715. The number of likely N-dealkylation sites (tertiary alicyclic amines) is 1. The van der Waals surface area contributed by atoms with Crippen LogP contribution in [0.25, 0.3) is 22.6 Å². The monoisotopic (exact) mass is 1070 g/mol. The number of benzene rings is 2. The van der Waals surface area contributed by atoms with E-state index in [2.05, 4.69) is 48.6 Å². The summed E-state index contributed by atoms with van der Waals surface area (Å²) in [5, 5.41) is 37.6. The zero-order chi connectivity index (χ0) is 54.0. The summed E-state index contributed by atoms with van der Waals surface area (Å²) in [7, 11) is 0. The molecule has 406 valence electrons. The molecule has 2 aliphatic carbocycles. The van der Waals surface area contributed by atoms with Gasteiger partial charge in [-0.2, -0.15) is 10.2 Å². The number of nitrogens with zero attached hydrogens (tertiary/aromatic N) is 11. The standard InChI is InChI=1S/C56H69FN14O5S/c1-33(2)49(53(74)70-31-38(72)28-45(70)52(73)62-43-13-7-5-6-12-35-26-36(15-17-39(35)43)40-27-37(59)16-18-42(40)57)71-32-47(65-67-71)75-25-9-8-22-68-23-11-24-69(34(3)30-68)55-61-21-19-44(63-55)51-64-54(76-66-51)56(4)20-10-14-46-48(56)41(29-58)50(60)77-46/h15-19,21,26-27,32-34,38,43,45,49,72H,5-14,20,22-25,28,30-31,59-60H2,1-4H3,(H,62,73)/t34-,38+,43-,45-,49-,56-/m0/s1. The number of amides is 2. The van der Waals surface area contributed by atoms with Crippen molar-refractivity contribution in [2.45, 2.75) is 140 Å². The van der Waals surface area contributed by atoms with E-state index in [9.17, 15) is 24.3 Å². The predicted molar refractivity (Wildman–Crippen MR) is 290 cm³/mol. The first-order valence-electron chi connectivity index (χ1n) is 27.2. The average Bonchev–Trinajstić information content (AvgIpc) is 4.29. The van der Waals surface area contributed by atoms with Crippen LogP contribution in [0.3, 0.4) is 0 Å². The number of fused-ring (bicyclic) bond motifs is 2. The Kier molecular flexibility index (Phi) is 15.9. The Bertz CT molecular complexity index is 3140. The van der Waals surface area contributed by atoms with E-state index >= 15 is 0 Å². The lowest BCUT2D eigenvalue weighted by molar-refractivity contribution is -0.142. The van der Waals surface area contributed by atoms with E-state index in [-0.39, 0.29) is 48.6 Å². The third-order valence-corrected chi connectivity index (χ3v) is 17.0. The fraction of sp³-hybridized carbons (Fsp3) is 0.518. The number of unbranched alkanes of at least 4 members (excludes halogenated alkanes) is 1. The smallest absolute Gasteiger partial charge is 0.253 e. The number of nitrogen functional groups attached to an aromatic ring is 2. The summed E-state index contributed by atoms with van der Waals surface area (Å²) in [4.78, 5) is 50.5. The summed E-state index contributed by atoms with van der Waals surface area (Å²) in [5.74, 6) is 0.518. The van der Waals surface area contributed by atoms with Gasteiger partial charge in [0.25, 0.3) is 5.88 Å². The molecule has 0 bridgehead atoms. The van der Waals surface area contributed by atoms with Crippen LogP contribution in [0.4, 0.5) is 21.0 Å². The molecule has 6 atom stereocenters. The fourth-order valence-electron chi connectivity index (χ4n) is 12.0. The highest BCUT2D eigenvalue weighted by Crippen LogP contribution is 2.49. The number of nitrogens with one attached hydrogen (secondary N) is 1. The second-order valence-electron chi connectivity index (χ2n) is 21.8. The van der Waals surface area contributed by atoms with Crippen molar-refractivity contribution in [3.8, 4) is 34.6 Å². The minimum atomic E-state index is -0.881. The van der Waals surface area contributed by atoms with Crippen molar-refractivity contribution >= 4 is 39.8 Å². The van der Waals surface area contributed by atoms with Crippen molar-refractivity contribution in [3.05, 3.63) is 93.7 Å². The highest BCUT2D eigenvalue weighted by Gasteiger charge is 2.45. The molecule has 0 saturated carbocycles. The van der Waals surface area contributed by atoms with Crippen LogP contribution in [0, 0.1) is 23.1 Å². The summed E-state index contributed by atoms with van der Waals surface area (Å²) >= 11 is 1.47. The second kappa shape index (κ2) is 22.9. The van der Waals surface area contributed by atoms with Crippen molar-refractivity contribution in [1.82, 2.24) is 50.2 Å². The van der Waals surface area contributed by atoms with Crippen molar-refractivity contribution in [3.63, 3.8) is 0 Å². The number of nitriles is 1. The minimum Gasteiger partial charge on any atom is -0.475 e. The van der Waals surface area contributed by atoms with Gasteiger partial charge < -0.3 is 45.9 Å². The molecule has 77 heavy (non-hydrogen) atoms. The maximum atomic E-state index is 14.9. The number of hydrogen-bond acceptors (Lipinski definition) is 17. The Labute approximate surface area is 452 Å². The zero-order valence-corrected chi connectivity index (χ0v) is 45.1. The van der Waals surface area contributed by atoms with Crippen LogP contribution >= 0.6 is 11.3 Å². The highest BCUT2D eigenvalue weighted by atomic mass is 32.1. The van der Waals surface area contributed by atoms with E-state index in [0.717, 1.165) is 118 Å². The summed E-state index contributed by atoms with van der Waals surface area (Å²) in [6.45, 7) is 11.9. The number of aromatic nitrogens is 7. The van der Waals surface area contributed by atoms with Crippen molar-refractivity contribution < 1.29 is 28.3 Å². The van der Waals surface area contributed by atoms with Gasteiger partial charge in [0, 0.05) is 60.0 Å². The van der Waals surface area contributed by atoms with Crippen molar-refractivity contribution in [2.75, 3.05) is 55.7 Å². The Morgan fingerprint density at radius 2 is 1.91 bits per heavy atom. The van der Waals surface area contributed by atoms with Crippen LogP contribution in [0.1, 0.15) is 137 Å². The summed E-state index contributed by atoms with van der Waals surface area (Å²) < 4.78 is 28.4. The second-order valence-corrected chi connectivity index (χ2v) is 22.9. The van der Waals surface area contributed by atoms with Gasteiger partial charge in [-0.15, -0.1) is 11.3 Å². The van der Waals surface area contributed by atoms with Crippen molar-refractivity contribution in [2.24, 2.45) is 5.92 Å². The lowest BCUT2D eigenvalue weighted by Crippen LogP contribution is -2.49. The topological polar surface area (TPSA) is 257 Å². The molecule has 6 heterocycles. The van der Waals surface area contributed by atoms with E-state index < -0.39 is 23.6 Å². The molecule has 0 unspecified atom stereocenters. The number of halogens is 1. The molecule has 0 spiro atoms. The van der Waals surface area contributed by atoms with Gasteiger partial charge in [-0.1, -0.05) is 60.4 Å². The Morgan fingerprint density at radius 1 is 1.05 bits per heavy atom. The van der Waals surface area contributed by atoms with Gasteiger partial charge in [0.2, 0.25) is 29.5 Å². The van der Waals surface area contributed by atoms with E-state index in [1.165, 1.54) is 27.0 Å². The average molecular weight is 1070 g/mol. The molecule has 4 aliphatic rings. The first kappa shape index (κ1) is 53.4. The zero-order valence-electron chi connectivity index (χ0n) is 44.3. The molecule has 6 N–H and O–H groups in total. The number of carbonyl (C=O) groups is 2. The molecule has 6 aromatic rings. The van der Waals surface area contributed by atoms with Crippen LogP contribution in [0.5, 0.6) is 5.88 Å². The molecule has 2 aromatic carbocycles. The maximum Gasteiger partial charge on any atom is 0.253 e. The van der Waals surface area contributed by atoms with Crippen molar-refractivity contribution in [1.29, 1.82) is 5.26 Å². The van der Waals surface area contributed by atoms with Gasteiger partial charge in [0.05, 0.1) is 35.9 Å². The number of rotatable bonds is 15. The Morgan fingerprint density at radius 3 is 2.74 bits per heavy atom. The molecular weight excluding hydrogens is 1000 g/mol. The van der Waals surface area contributed by atoms with Crippen LogP contribution in [0.2, 0.25) is 0 Å². The number of aliphatic hydroxyl groups excluding tert-OH is 1. The van der Waals surface area contributed by atoms with Gasteiger partial charge in [-0.3, -0.25) is 9.59 Å². The number of anilines is 3. The van der Waals surface area contributed by atoms with E-state index in [1.807, 2.05) is 39.0 Å². The molecular formula is C56H69FN14O5S. The number of carbonyl (C=O) groups excluding carboxylic acids is 2. The van der Waals surface area contributed by atoms with Gasteiger partial charge in [0.15, 0.2) is 0 Å². The molecule has 0 radical (unpaired) electrons. The molecule has 4 aromatic heterocycles. The minimum absolute atomic E-state index is 0.0203. The number of nitrogens with two attached hydrogens (primary N) is 2. The normalized spacial score (nSPS) is 22.4. The predicted octanol–water partition coefficient (Wildman–Crippen LogP) is 7.56. The molecule has 10 rings (SSSR count). The summed E-state index contributed by atoms with van der Waals surface area (Å²) in [6.07, 6.45) is 12.1. The van der Waals surface area contributed by atoms with Gasteiger partial charge in [-0.05, 0) is 132 Å². The fourth-order valence-corrected chi connectivity index (χ4v) is 13.2. The van der Waals surface area contributed by atoms with Crippen LogP contribution < -0.4 is 26.4 Å². The first-order chi connectivity index (χ1) is 37.2. The SMILES string of the molecule is CC(C)[C@@H](C(=O)N1C[C@H](O)C[C@H]1C(=O)N[C@H]1CCCCCc2cc(-c3cc(N)ccc3F)ccc21)n1cc(OCCCCN2CCCN(c3nccc(-c4noc([C@@]5(C)CCCc6sc(N)c(C#N)c65)n4)n3)[C@@H](C)C2)nn1. The first-order valence-corrected chi connectivity index (χ1v) is 28.0. The third-order valence-electron chi connectivity index (χ3n) is 15.9. The Hall–Kier alpha value is -7.02. The summed E-state index contributed by atoms with van der Waals surface area (Å²) in [6, 6.07) is 12.6. The molecule has 21 heteroatoms. The molecule has 2 aliphatic heterocycles. The molecule has 2 fully saturated rings. The highest BCUT2D eigenvalue weighted by molar-refractivity contribution is 7.16. The van der Waals surface area contributed by atoms with Crippen LogP contribution in [-0.2, 0) is 27.8 Å². The number of hydrogen-bond donors (Lipinski definition) is 4. The van der Waals surface area contributed by atoms with Gasteiger partial charge in [-0.25, -0.2) is 19.0 Å². The quantitative estimate of drug-likeness (QED) is 0.0572. The third kappa shape index (κ3) is 11.2. The molecule has 19 nitrogen and oxygen atoms in total. The lowest BCUT2D eigenvalue weighted by Gasteiger charge is -2.31. The number of ether oxygens (including phenoxy) is 1. The van der Waals surface area contributed by atoms with Gasteiger partial charge in [0.1, 0.15) is 34.7 Å². The maximum absolute atomic E-state index is 14.9. The number of aliphatic hydroxyl groups is 1. The van der Waals surface area contributed by atoms with E-state index in [0.29, 0.717) is 64.1 Å². The lowest BCUT2D eigenvalue weighted by atomic mass is 9.72. The number of thiophene rings is 1.